The minimum absolute atomic E-state index is 0.695. The number of rotatable bonds is 3. The summed E-state index contributed by atoms with van der Waals surface area (Å²) in [7, 11) is 7.83. The van der Waals surface area contributed by atoms with Gasteiger partial charge in [0.05, 0.1) is 14.1 Å². The zero-order valence-electron chi connectivity index (χ0n) is 11.6. The van der Waals surface area contributed by atoms with Crippen LogP contribution in [-0.4, -0.2) is 38.2 Å². The van der Waals surface area contributed by atoms with Gasteiger partial charge in [-0.05, 0) is 23.5 Å². The third-order valence-corrected chi connectivity index (χ3v) is 3.42. The SMILES string of the molecule is CN(C)c1nc(Nc2ccccc2)sc(=[N+](C)C)n1. The number of hydrogen-bond acceptors (Lipinski definition) is 5. The highest BCUT2D eigenvalue weighted by molar-refractivity contribution is 7.12. The maximum absolute atomic E-state index is 4.51. The molecule has 2 rings (SSSR count). The smallest absolute Gasteiger partial charge is 0.331 e. The standard InChI is InChI=1S/C13H17N5S/c1-17(2)11-15-12(19-13(16-11)18(3)4)14-10-8-6-5-7-9-10/h5-9H,1-4H3/p+1. The molecule has 1 heterocycles. The second-order valence-electron chi connectivity index (χ2n) is 4.49. The first-order chi connectivity index (χ1) is 9.06. The van der Waals surface area contributed by atoms with Crippen LogP contribution in [0.1, 0.15) is 0 Å². The molecule has 0 spiro atoms. The van der Waals surface area contributed by atoms with E-state index in [0.29, 0.717) is 5.95 Å². The highest BCUT2D eigenvalue weighted by Gasteiger charge is 2.12. The van der Waals surface area contributed by atoms with Gasteiger partial charge in [-0.3, -0.25) is 4.58 Å². The molecule has 0 fully saturated rings. The van der Waals surface area contributed by atoms with Gasteiger partial charge in [0, 0.05) is 24.8 Å². The summed E-state index contributed by atoms with van der Waals surface area (Å²) in [6, 6.07) is 10.0. The molecule has 1 N–H and O–H groups in total. The molecule has 6 heteroatoms. The average molecular weight is 276 g/mol. The number of nitrogens with zero attached hydrogens (tertiary/aromatic N) is 4. The van der Waals surface area contributed by atoms with E-state index in [2.05, 4.69) is 15.3 Å². The van der Waals surface area contributed by atoms with E-state index in [1.165, 1.54) is 11.3 Å². The van der Waals surface area contributed by atoms with Crippen molar-refractivity contribution in [3.8, 4) is 0 Å². The second kappa shape index (κ2) is 5.79. The first-order valence-electron chi connectivity index (χ1n) is 5.95. The van der Waals surface area contributed by atoms with E-state index in [4.69, 9.17) is 0 Å². The lowest BCUT2D eigenvalue weighted by molar-refractivity contribution is 0.793. The van der Waals surface area contributed by atoms with Gasteiger partial charge in [0.1, 0.15) is 0 Å². The van der Waals surface area contributed by atoms with Gasteiger partial charge in [0.25, 0.3) is 0 Å². The van der Waals surface area contributed by atoms with E-state index in [1.807, 2.05) is 68.0 Å². The number of nitrogens with one attached hydrogen (secondary N) is 1. The Kier molecular flexibility index (Phi) is 4.11. The molecule has 0 aliphatic carbocycles. The van der Waals surface area contributed by atoms with Crippen LogP contribution >= 0.6 is 11.3 Å². The Hall–Kier alpha value is -1.95. The van der Waals surface area contributed by atoms with Gasteiger partial charge in [0.15, 0.2) is 5.13 Å². The van der Waals surface area contributed by atoms with Crippen molar-refractivity contribution in [1.82, 2.24) is 14.5 Å². The molecule has 0 saturated heterocycles. The molecule has 0 aliphatic rings. The maximum atomic E-state index is 4.51. The molecule has 19 heavy (non-hydrogen) atoms. The molecule has 100 valence electrons. The lowest BCUT2D eigenvalue weighted by atomic mass is 10.3. The molecular formula is C13H18N5S+. The molecular weight excluding hydrogens is 258 g/mol. The van der Waals surface area contributed by atoms with E-state index in [0.717, 1.165) is 15.6 Å². The molecule has 0 amide bonds. The molecule has 1 aromatic carbocycles. The van der Waals surface area contributed by atoms with Gasteiger partial charge < -0.3 is 10.2 Å². The summed E-state index contributed by atoms with van der Waals surface area (Å²) in [5, 5.41) is 4.14. The van der Waals surface area contributed by atoms with Gasteiger partial charge in [-0.2, -0.15) is 4.98 Å². The van der Waals surface area contributed by atoms with Gasteiger partial charge in [-0.15, -0.1) is 0 Å². The largest absolute Gasteiger partial charge is 0.384 e. The molecule has 1 aromatic heterocycles. The number of aromatic nitrogens is 2. The quantitative estimate of drug-likeness (QED) is 0.860. The molecule has 0 atom stereocenters. The van der Waals surface area contributed by atoms with Gasteiger partial charge in [-0.25, -0.2) is 0 Å². The summed E-state index contributed by atoms with van der Waals surface area (Å²) in [5.74, 6) is 0.695. The fourth-order valence-corrected chi connectivity index (χ4v) is 2.20. The Bertz CT molecular complexity index is 614. The highest BCUT2D eigenvalue weighted by atomic mass is 32.1. The van der Waals surface area contributed by atoms with E-state index < -0.39 is 0 Å². The van der Waals surface area contributed by atoms with Gasteiger partial charge in [-0.1, -0.05) is 18.2 Å². The zero-order valence-corrected chi connectivity index (χ0v) is 12.4. The molecule has 0 aliphatic heterocycles. The summed E-state index contributed by atoms with van der Waals surface area (Å²) in [6.07, 6.45) is 0. The van der Waals surface area contributed by atoms with Crippen molar-refractivity contribution in [3.05, 3.63) is 35.1 Å². The first kappa shape index (κ1) is 13.5. The topological polar surface area (TPSA) is 44.1 Å². The molecule has 0 radical (unpaired) electrons. The van der Waals surface area contributed by atoms with Crippen molar-refractivity contribution in [2.75, 3.05) is 38.4 Å². The normalized spacial score (nSPS) is 10.1. The Morgan fingerprint density at radius 1 is 1.11 bits per heavy atom. The second-order valence-corrected chi connectivity index (χ2v) is 5.45. The molecule has 0 saturated carbocycles. The van der Waals surface area contributed by atoms with E-state index in [-0.39, 0.29) is 0 Å². The van der Waals surface area contributed by atoms with Gasteiger partial charge >= 0.3 is 10.7 Å². The van der Waals surface area contributed by atoms with Crippen LogP contribution in [0.15, 0.2) is 30.3 Å². The predicted molar refractivity (Wildman–Crippen MR) is 81.1 cm³/mol. The lowest BCUT2D eigenvalue weighted by Crippen LogP contribution is -2.26. The van der Waals surface area contributed by atoms with Crippen LogP contribution in [0.3, 0.4) is 0 Å². The minimum atomic E-state index is 0.695. The first-order valence-corrected chi connectivity index (χ1v) is 6.77. The third-order valence-electron chi connectivity index (χ3n) is 2.39. The summed E-state index contributed by atoms with van der Waals surface area (Å²) < 4.78 is 1.98. The van der Waals surface area contributed by atoms with Crippen molar-refractivity contribution in [1.29, 1.82) is 0 Å². The monoisotopic (exact) mass is 276 g/mol. The molecule has 0 bridgehead atoms. The van der Waals surface area contributed by atoms with Crippen LogP contribution in [0.2, 0.25) is 0 Å². The Labute approximate surface area is 116 Å². The van der Waals surface area contributed by atoms with Crippen molar-refractivity contribution >= 4 is 28.1 Å². The maximum Gasteiger partial charge on any atom is 0.384 e. The third kappa shape index (κ3) is 3.51. The highest BCUT2D eigenvalue weighted by Crippen LogP contribution is 2.17. The Morgan fingerprint density at radius 2 is 1.79 bits per heavy atom. The summed E-state index contributed by atoms with van der Waals surface area (Å²) in [6.45, 7) is 0. The van der Waals surface area contributed by atoms with Crippen molar-refractivity contribution in [2.24, 2.45) is 0 Å². The molecule has 2 aromatic rings. The number of para-hydroxylation sites is 1. The predicted octanol–water partition coefficient (Wildman–Crippen LogP) is 1.38. The lowest BCUT2D eigenvalue weighted by Gasteiger charge is -2.07. The molecule has 0 unspecified atom stereocenters. The van der Waals surface area contributed by atoms with Crippen LogP contribution in [0.5, 0.6) is 0 Å². The van der Waals surface area contributed by atoms with Crippen LogP contribution in [0, 0.1) is 0 Å². The van der Waals surface area contributed by atoms with E-state index in [1.54, 1.807) is 0 Å². The van der Waals surface area contributed by atoms with Crippen molar-refractivity contribution < 1.29 is 0 Å². The number of anilines is 3. The molecule has 5 nitrogen and oxygen atoms in total. The Balaban J connectivity index is 2.43. The van der Waals surface area contributed by atoms with E-state index >= 15 is 0 Å². The number of benzene rings is 1. The van der Waals surface area contributed by atoms with Crippen LogP contribution in [-0.2, 0) is 0 Å². The summed E-state index contributed by atoms with van der Waals surface area (Å²) >= 11 is 1.52. The zero-order chi connectivity index (χ0) is 13.8. The van der Waals surface area contributed by atoms with Crippen LogP contribution in [0.4, 0.5) is 16.8 Å². The minimum Gasteiger partial charge on any atom is -0.331 e. The fourth-order valence-electron chi connectivity index (χ4n) is 1.42. The van der Waals surface area contributed by atoms with Crippen molar-refractivity contribution in [3.63, 3.8) is 0 Å². The van der Waals surface area contributed by atoms with E-state index in [9.17, 15) is 0 Å². The summed E-state index contributed by atoms with van der Waals surface area (Å²) in [4.78, 5) is 11.8. The van der Waals surface area contributed by atoms with Crippen molar-refractivity contribution in [2.45, 2.75) is 0 Å². The number of hydrogen-bond donors (Lipinski definition) is 1. The summed E-state index contributed by atoms with van der Waals surface area (Å²) in [5.41, 5.74) is 1.02. The van der Waals surface area contributed by atoms with Gasteiger partial charge in [0.2, 0.25) is 0 Å². The average Bonchev–Trinajstić information content (AvgIpc) is 2.39. The van der Waals surface area contributed by atoms with Crippen LogP contribution < -0.4 is 19.6 Å². The van der Waals surface area contributed by atoms with Crippen LogP contribution in [0.25, 0.3) is 0 Å². The Morgan fingerprint density at radius 3 is 2.37 bits per heavy atom. The fraction of sp³-hybridized carbons (Fsp3) is 0.308.